The molecule has 0 radical (unpaired) electrons. The molecule has 0 spiro atoms. The van der Waals surface area contributed by atoms with Gasteiger partial charge < -0.3 is 10.6 Å². The van der Waals surface area contributed by atoms with E-state index in [1.807, 2.05) is 0 Å². The Labute approximate surface area is 112 Å². The molecule has 1 aliphatic carbocycles. The minimum absolute atomic E-state index is 0.0207. The number of piperazine rings is 1. The standard InChI is InChI=1S/C13H21N3O3/c1-7-3-4-9(5-10(7)14)13(19)16-6-11(17)15-12(18)8(16)2/h7-10H,3-6,14H2,1-2H3,(H,15,17,18). The molecule has 2 aliphatic rings. The first-order valence-electron chi connectivity index (χ1n) is 6.80. The lowest BCUT2D eigenvalue weighted by atomic mass is 9.79. The predicted molar refractivity (Wildman–Crippen MR) is 68.8 cm³/mol. The van der Waals surface area contributed by atoms with Crippen LogP contribution in [0.1, 0.15) is 33.1 Å². The Morgan fingerprint density at radius 2 is 2.00 bits per heavy atom. The second-order valence-corrected chi connectivity index (χ2v) is 5.71. The highest BCUT2D eigenvalue weighted by Crippen LogP contribution is 2.29. The summed E-state index contributed by atoms with van der Waals surface area (Å²) in [5, 5.41) is 2.24. The Morgan fingerprint density at radius 3 is 2.63 bits per heavy atom. The summed E-state index contributed by atoms with van der Waals surface area (Å²) in [7, 11) is 0. The maximum atomic E-state index is 12.4. The molecule has 1 saturated heterocycles. The lowest BCUT2D eigenvalue weighted by Crippen LogP contribution is -2.60. The van der Waals surface area contributed by atoms with Crippen LogP contribution in [0.4, 0.5) is 0 Å². The smallest absolute Gasteiger partial charge is 0.249 e. The molecule has 4 unspecified atom stereocenters. The average molecular weight is 267 g/mol. The molecular weight excluding hydrogens is 246 g/mol. The van der Waals surface area contributed by atoms with E-state index in [9.17, 15) is 14.4 Å². The van der Waals surface area contributed by atoms with Crippen molar-refractivity contribution in [2.45, 2.75) is 45.2 Å². The Kier molecular flexibility index (Phi) is 3.89. The summed E-state index contributed by atoms with van der Waals surface area (Å²) >= 11 is 0. The number of nitrogens with two attached hydrogens (primary N) is 1. The molecule has 3 amide bonds. The van der Waals surface area contributed by atoms with Crippen LogP contribution in [0.25, 0.3) is 0 Å². The van der Waals surface area contributed by atoms with Crippen LogP contribution < -0.4 is 11.1 Å². The van der Waals surface area contributed by atoms with Gasteiger partial charge in [0, 0.05) is 12.0 Å². The summed E-state index contributed by atoms with van der Waals surface area (Å²) in [5.74, 6) is -0.666. The number of rotatable bonds is 1. The average Bonchev–Trinajstić information content (AvgIpc) is 2.36. The first kappa shape index (κ1) is 14.0. The molecule has 3 N–H and O–H groups in total. The Hall–Kier alpha value is -1.43. The van der Waals surface area contributed by atoms with Crippen molar-refractivity contribution in [1.29, 1.82) is 0 Å². The van der Waals surface area contributed by atoms with Crippen molar-refractivity contribution >= 4 is 17.7 Å². The van der Waals surface area contributed by atoms with Gasteiger partial charge in [0.1, 0.15) is 12.6 Å². The largest absolute Gasteiger partial charge is 0.327 e. The molecule has 6 nitrogen and oxygen atoms in total. The van der Waals surface area contributed by atoms with Crippen LogP contribution in [0.15, 0.2) is 0 Å². The van der Waals surface area contributed by atoms with E-state index >= 15 is 0 Å². The van der Waals surface area contributed by atoms with E-state index in [0.29, 0.717) is 12.3 Å². The van der Waals surface area contributed by atoms with Gasteiger partial charge in [0.2, 0.25) is 17.7 Å². The van der Waals surface area contributed by atoms with Gasteiger partial charge in [-0.1, -0.05) is 6.92 Å². The topological polar surface area (TPSA) is 92.5 Å². The third-order valence-corrected chi connectivity index (χ3v) is 4.31. The molecular formula is C13H21N3O3. The fourth-order valence-electron chi connectivity index (χ4n) is 2.80. The van der Waals surface area contributed by atoms with Crippen molar-refractivity contribution in [3.05, 3.63) is 0 Å². The van der Waals surface area contributed by atoms with Crippen molar-refractivity contribution in [2.75, 3.05) is 6.54 Å². The number of nitrogens with zero attached hydrogens (tertiary/aromatic N) is 1. The molecule has 0 aromatic carbocycles. The number of hydrogen-bond acceptors (Lipinski definition) is 4. The molecule has 6 heteroatoms. The lowest BCUT2D eigenvalue weighted by molar-refractivity contribution is -0.152. The van der Waals surface area contributed by atoms with Crippen molar-refractivity contribution < 1.29 is 14.4 Å². The summed E-state index contributed by atoms with van der Waals surface area (Å²) in [6.07, 6.45) is 2.34. The maximum Gasteiger partial charge on any atom is 0.249 e. The Morgan fingerprint density at radius 1 is 1.32 bits per heavy atom. The molecule has 4 atom stereocenters. The van der Waals surface area contributed by atoms with Gasteiger partial charge in [-0.2, -0.15) is 0 Å². The highest BCUT2D eigenvalue weighted by Gasteiger charge is 2.38. The fraction of sp³-hybridized carbons (Fsp3) is 0.769. The van der Waals surface area contributed by atoms with Crippen molar-refractivity contribution in [2.24, 2.45) is 17.6 Å². The van der Waals surface area contributed by atoms with E-state index in [1.165, 1.54) is 4.90 Å². The number of imide groups is 1. The summed E-state index contributed by atoms with van der Waals surface area (Å²) in [5.41, 5.74) is 6.01. The molecule has 2 rings (SSSR count). The van der Waals surface area contributed by atoms with E-state index < -0.39 is 17.9 Å². The van der Waals surface area contributed by atoms with Crippen LogP contribution in [-0.2, 0) is 14.4 Å². The molecule has 1 saturated carbocycles. The molecule has 0 bridgehead atoms. The molecule has 106 valence electrons. The number of amides is 3. The predicted octanol–water partition coefficient (Wildman–Crippen LogP) is -0.377. The highest BCUT2D eigenvalue weighted by atomic mass is 16.2. The molecule has 1 aliphatic heterocycles. The minimum atomic E-state index is -0.583. The van der Waals surface area contributed by atoms with Gasteiger partial charge in [0.25, 0.3) is 0 Å². The summed E-state index contributed by atoms with van der Waals surface area (Å²) in [6, 6.07) is -0.562. The fourth-order valence-corrected chi connectivity index (χ4v) is 2.80. The van der Waals surface area contributed by atoms with Crippen LogP contribution >= 0.6 is 0 Å². The summed E-state index contributed by atoms with van der Waals surface area (Å²) in [4.78, 5) is 36.8. The van der Waals surface area contributed by atoms with Crippen LogP contribution in [0.5, 0.6) is 0 Å². The zero-order chi connectivity index (χ0) is 14.2. The molecule has 19 heavy (non-hydrogen) atoms. The first-order valence-corrected chi connectivity index (χ1v) is 6.80. The van der Waals surface area contributed by atoms with E-state index in [0.717, 1.165) is 12.8 Å². The number of nitrogens with one attached hydrogen (secondary N) is 1. The summed E-state index contributed by atoms with van der Waals surface area (Å²) in [6.45, 7) is 3.70. The second kappa shape index (κ2) is 5.28. The number of carbonyl (C=O) groups is 3. The Bertz CT molecular complexity index is 410. The van der Waals surface area contributed by atoms with Gasteiger partial charge in [-0.25, -0.2) is 0 Å². The van der Waals surface area contributed by atoms with E-state index in [4.69, 9.17) is 5.73 Å². The van der Waals surface area contributed by atoms with Crippen LogP contribution in [0.2, 0.25) is 0 Å². The van der Waals surface area contributed by atoms with Gasteiger partial charge in [-0.15, -0.1) is 0 Å². The molecule has 2 fully saturated rings. The van der Waals surface area contributed by atoms with E-state index in [-0.39, 0.29) is 24.4 Å². The first-order chi connectivity index (χ1) is 8.90. The Balaban J connectivity index is 2.06. The van der Waals surface area contributed by atoms with Gasteiger partial charge in [0.15, 0.2) is 0 Å². The highest BCUT2D eigenvalue weighted by molar-refractivity contribution is 6.04. The van der Waals surface area contributed by atoms with Gasteiger partial charge >= 0.3 is 0 Å². The monoisotopic (exact) mass is 267 g/mol. The van der Waals surface area contributed by atoms with Crippen molar-refractivity contribution in [3.63, 3.8) is 0 Å². The van der Waals surface area contributed by atoms with Crippen LogP contribution in [0, 0.1) is 11.8 Å². The third-order valence-electron chi connectivity index (χ3n) is 4.31. The normalized spacial score (nSPS) is 36.1. The molecule has 0 aromatic heterocycles. The van der Waals surface area contributed by atoms with E-state index in [2.05, 4.69) is 12.2 Å². The quantitative estimate of drug-likeness (QED) is 0.634. The lowest BCUT2D eigenvalue weighted by Gasteiger charge is -2.37. The number of carbonyl (C=O) groups excluding carboxylic acids is 3. The van der Waals surface area contributed by atoms with Crippen molar-refractivity contribution in [3.8, 4) is 0 Å². The van der Waals surface area contributed by atoms with E-state index in [1.54, 1.807) is 6.92 Å². The van der Waals surface area contributed by atoms with Crippen LogP contribution in [0.3, 0.4) is 0 Å². The minimum Gasteiger partial charge on any atom is -0.327 e. The third kappa shape index (κ3) is 2.78. The SMILES string of the molecule is CC1CCC(C(=O)N2CC(=O)NC(=O)C2C)CC1N. The number of hydrogen-bond donors (Lipinski definition) is 2. The van der Waals surface area contributed by atoms with Gasteiger partial charge in [-0.3, -0.25) is 19.7 Å². The van der Waals surface area contributed by atoms with Crippen molar-refractivity contribution in [1.82, 2.24) is 10.2 Å². The van der Waals surface area contributed by atoms with Crippen LogP contribution in [-0.4, -0.2) is 41.2 Å². The molecule has 0 aromatic rings. The zero-order valence-electron chi connectivity index (χ0n) is 11.4. The maximum absolute atomic E-state index is 12.4. The second-order valence-electron chi connectivity index (χ2n) is 5.71. The summed E-state index contributed by atoms with van der Waals surface area (Å²) < 4.78 is 0. The molecule has 1 heterocycles. The zero-order valence-corrected chi connectivity index (χ0v) is 11.4. The van der Waals surface area contributed by atoms with Gasteiger partial charge in [-0.05, 0) is 32.1 Å². The van der Waals surface area contributed by atoms with Gasteiger partial charge in [0.05, 0.1) is 0 Å².